The number of phenolic OH excluding ortho intramolecular Hbond substituents is 2. The molecule has 0 aliphatic rings. The smallest absolute Gasteiger partial charge is 0.124 e. The first-order valence-electron chi connectivity index (χ1n) is 8.24. The van der Waals surface area contributed by atoms with Crippen molar-refractivity contribution in [2.45, 2.75) is 26.7 Å². The predicted molar refractivity (Wildman–Crippen MR) is 102 cm³/mol. The summed E-state index contributed by atoms with van der Waals surface area (Å²) in [5.41, 5.74) is 1.57. The molecule has 0 fully saturated rings. The molecule has 0 amide bonds. The SMILES string of the molecule is CCCN=Cc1ccccc1O.CCCN=Cc1ccccc1O.[Cu]. The van der Waals surface area contributed by atoms with Gasteiger partial charge in [-0.25, -0.2) is 0 Å². The van der Waals surface area contributed by atoms with E-state index in [4.69, 9.17) is 0 Å². The van der Waals surface area contributed by atoms with Gasteiger partial charge < -0.3 is 10.2 Å². The van der Waals surface area contributed by atoms with Crippen LogP contribution in [0.5, 0.6) is 11.5 Å². The molecule has 0 heterocycles. The van der Waals surface area contributed by atoms with E-state index in [0.717, 1.165) is 37.1 Å². The summed E-state index contributed by atoms with van der Waals surface area (Å²) in [5, 5.41) is 18.6. The molecular weight excluding hydrogens is 364 g/mol. The van der Waals surface area contributed by atoms with Crippen molar-refractivity contribution in [1.82, 2.24) is 0 Å². The standard InChI is InChI=1S/2C10H13NO.Cu/c2*1-2-7-11-8-9-5-3-4-6-10(9)12;/h2*3-6,8,12H,2,7H2,1H3;. The topological polar surface area (TPSA) is 65.2 Å². The molecule has 0 unspecified atom stereocenters. The van der Waals surface area contributed by atoms with Crippen LogP contribution < -0.4 is 0 Å². The second kappa shape index (κ2) is 14.3. The summed E-state index contributed by atoms with van der Waals surface area (Å²) in [4.78, 5) is 8.27. The van der Waals surface area contributed by atoms with E-state index < -0.39 is 0 Å². The Hall–Kier alpha value is -2.10. The van der Waals surface area contributed by atoms with E-state index in [0.29, 0.717) is 0 Å². The van der Waals surface area contributed by atoms with Gasteiger partial charge >= 0.3 is 0 Å². The number of hydrogen-bond acceptors (Lipinski definition) is 4. The van der Waals surface area contributed by atoms with Gasteiger partial charge in [0.05, 0.1) is 0 Å². The molecule has 0 saturated carbocycles. The second-order valence-electron chi connectivity index (χ2n) is 5.19. The first-order valence-corrected chi connectivity index (χ1v) is 8.24. The van der Waals surface area contributed by atoms with E-state index in [1.54, 1.807) is 36.7 Å². The van der Waals surface area contributed by atoms with E-state index in [1.165, 1.54) is 0 Å². The summed E-state index contributed by atoms with van der Waals surface area (Å²) in [6, 6.07) is 14.4. The predicted octanol–water partition coefficient (Wildman–Crippen LogP) is 4.44. The van der Waals surface area contributed by atoms with Gasteiger partial charge in [-0.1, -0.05) is 38.1 Å². The Kier molecular flexibility index (Phi) is 13.1. The molecule has 2 N–H and O–H groups in total. The summed E-state index contributed by atoms with van der Waals surface area (Å²) in [7, 11) is 0. The van der Waals surface area contributed by atoms with E-state index in [9.17, 15) is 10.2 Å². The Morgan fingerprint density at radius 2 is 1.08 bits per heavy atom. The van der Waals surface area contributed by atoms with Gasteiger partial charge in [0.2, 0.25) is 0 Å². The Morgan fingerprint density at radius 3 is 1.40 bits per heavy atom. The van der Waals surface area contributed by atoms with Crippen molar-refractivity contribution in [3.05, 3.63) is 59.7 Å². The first-order chi connectivity index (χ1) is 11.7. The summed E-state index contributed by atoms with van der Waals surface area (Å²) in [6.45, 7) is 5.77. The van der Waals surface area contributed by atoms with E-state index in [1.807, 2.05) is 24.3 Å². The van der Waals surface area contributed by atoms with Crippen LogP contribution in [0.1, 0.15) is 37.8 Å². The molecule has 0 aliphatic heterocycles. The number of phenols is 2. The zero-order valence-electron chi connectivity index (χ0n) is 14.7. The van der Waals surface area contributed by atoms with Crippen LogP contribution in [0.25, 0.3) is 0 Å². The van der Waals surface area contributed by atoms with Crippen molar-refractivity contribution in [3.63, 3.8) is 0 Å². The number of benzene rings is 2. The van der Waals surface area contributed by atoms with Gasteiger partial charge in [0.1, 0.15) is 11.5 Å². The fourth-order valence-corrected chi connectivity index (χ4v) is 1.78. The molecule has 5 heteroatoms. The van der Waals surface area contributed by atoms with E-state index in [-0.39, 0.29) is 28.6 Å². The molecule has 25 heavy (non-hydrogen) atoms. The van der Waals surface area contributed by atoms with Crippen LogP contribution >= 0.6 is 0 Å². The van der Waals surface area contributed by atoms with Crippen LogP contribution in [-0.4, -0.2) is 35.7 Å². The van der Waals surface area contributed by atoms with Crippen LogP contribution in [0.15, 0.2) is 58.5 Å². The number of para-hydroxylation sites is 2. The molecule has 2 rings (SSSR count). The number of aliphatic imine (C=N–C) groups is 2. The van der Waals surface area contributed by atoms with Crippen molar-refractivity contribution in [3.8, 4) is 11.5 Å². The van der Waals surface area contributed by atoms with Crippen molar-refractivity contribution in [2.24, 2.45) is 9.98 Å². The third-order valence-corrected chi connectivity index (χ3v) is 3.04. The Bertz CT molecular complexity index is 600. The average molecular weight is 390 g/mol. The zero-order chi connectivity index (χ0) is 17.6. The fourth-order valence-electron chi connectivity index (χ4n) is 1.78. The average Bonchev–Trinajstić information content (AvgIpc) is 2.59. The fraction of sp³-hybridized carbons (Fsp3) is 0.300. The van der Waals surface area contributed by atoms with Crippen molar-refractivity contribution >= 4 is 12.4 Å². The van der Waals surface area contributed by atoms with E-state index >= 15 is 0 Å². The molecule has 4 nitrogen and oxygen atoms in total. The summed E-state index contributed by atoms with van der Waals surface area (Å²) >= 11 is 0. The van der Waals surface area contributed by atoms with Crippen molar-refractivity contribution < 1.29 is 27.3 Å². The molecule has 0 aliphatic carbocycles. The maximum absolute atomic E-state index is 9.32. The monoisotopic (exact) mass is 389 g/mol. The minimum absolute atomic E-state index is 0. The van der Waals surface area contributed by atoms with Crippen LogP contribution in [0.4, 0.5) is 0 Å². The molecular formula is C20H26CuN2O2. The Morgan fingerprint density at radius 1 is 0.720 bits per heavy atom. The Balaban J connectivity index is 0.000000443. The third-order valence-electron chi connectivity index (χ3n) is 3.04. The number of rotatable bonds is 6. The van der Waals surface area contributed by atoms with Gasteiger partial charge in [-0.2, -0.15) is 0 Å². The molecule has 139 valence electrons. The molecule has 0 aromatic heterocycles. The summed E-state index contributed by atoms with van der Waals surface area (Å²) < 4.78 is 0. The Labute approximate surface area is 160 Å². The molecule has 0 saturated heterocycles. The summed E-state index contributed by atoms with van der Waals surface area (Å²) in [5.74, 6) is 0.578. The largest absolute Gasteiger partial charge is 0.507 e. The van der Waals surface area contributed by atoms with Crippen LogP contribution in [0.3, 0.4) is 0 Å². The second-order valence-corrected chi connectivity index (χ2v) is 5.19. The maximum atomic E-state index is 9.32. The zero-order valence-corrected chi connectivity index (χ0v) is 15.6. The van der Waals surface area contributed by atoms with Gasteiger partial charge in [-0.15, -0.1) is 0 Å². The van der Waals surface area contributed by atoms with Crippen LogP contribution in [0, 0.1) is 0 Å². The molecule has 0 spiro atoms. The van der Waals surface area contributed by atoms with Crippen LogP contribution in [0.2, 0.25) is 0 Å². The maximum Gasteiger partial charge on any atom is 0.124 e. The quantitative estimate of drug-likeness (QED) is 0.566. The molecule has 1 radical (unpaired) electrons. The van der Waals surface area contributed by atoms with Crippen molar-refractivity contribution in [2.75, 3.05) is 13.1 Å². The minimum Gasteiger partial charge on any atom is -0.507 e. The molecule has 2 aromatic carbocycles. The van der Waals surface area contributed by atoms with Gasteiger partial charge in [-0.3, -0.25) is 9.98 Å². The molecule has 0 bridgehead atoms. The van der Waals surface area contributed by atoms with Gasteiger partial charge in [0, 0.05) is 53.7 Å². The normalized spacial score (nSPS) is 10.3. The molecule has 0 atom stereocenters. The number of hydrogen-bond donors (Lipinski definition) is 2. The third kappa shape index (κ3) is 9.70. The van der Waals surface area contributed by atoms with Gasteiger partial charge in [0.25, 0.3) is 0 Å². The van der Waals surface area contributed by atoms with Crippen LogP contribution in [-0.2, 0) is 17.1 Å². The first kappa shape index (κ1) is 22.9. The van der Waals surface area contributed by atoms with Gasteiger partial charge in [-0.05, 0) is 37.1 Å². The minimum atomic E-state index is 0. The van der Waals surface area contributed by atoms with E-state index in [2.05, 4.69) is 23.8 Å². The number of nitrogens with zero attached hydrogens (tertiary/aromatic N) is 2. The summed E-state index contributed by atoms with van der Waals surface area (Å²) in [6.07, 6.45) is 5.48. The molecule has 2 aromatic rings. The van der Waals surface area contributed by atoms with Crippen molar-refractivity contribution in [1.29, 1.82) is 0 Å². The van der Waals surface area contributed by atoms with Gasteiger partial charge in [0.15, 0.2) is 0 Å². The number of aromatic hydroxyl groups is 2.